The number of hydrogen-bond acceptors (Lipinski definition) is 1. The SMILES string of the molecule is Cc1c(Br)ccc2ncccc12. The van der Waals surface area contributed by atoms with E-state index < -0.39 is 0 Å². The molecule has 1 aromatic carbocycles. The maximum absolute atomic E-state index is 4.26. The molecule has 60 valence electrons. The maximum Gasteiger partial charge on any atom is 0.0705 e. The van der Waals surface area contributed by atoms with Gasteiger partial charge in [0.1, 0.15) is 0 Å². The summed E-state index contributed by atoms with van der Waals surface area (Å²) in [5.41, 5.74) is 2.30. The zero-order chi connectivity index (χ0) is 8.55. The molecule has 0 saturated carbocycles. The molecule has 2 rings (SSSR count). The molecule has 1 aromatic heterocycles. The Kier molecular flexibility index (Phi) is 1.85. The second kappa shape index (κ2) is 2.87. The molecular formula is C10H8BrN. The van der Waals surface area contributed by atoms with Crippen LogP contribution in [0.2, 0.25) is 0 Å². The van der Waals surface area contributed by atoms with E-state index in [1.54, 1.807) is 0 Å². The molecule has 0 bridgehead atoms. The lowest BCUT2D eigenvalue weighted by Gasteiger charge is -2.01. The Morgan fingerprint density at radius 1 is 1.25 bits per heavy atom. The first-order chi connectivity index (χ1) is 5.79. The van der Waals surface area contributed by atoms with Gasteiger partial charge in [0.15, 0.2) is 0 Å². The fourth-order valence-corrected chi connectivity index (χ4v) is 1.62. The Morgan fingerprint density at radius 3 is 2.92 bits per heavy atom. The number of rotatable bonds is 0. The molecule has 0 fully saturated rings. The third-order valence-electron chi connectivity index (χ3n) is 1.99. The van der Waals surface area contributed by atoms with Crippen molar-refractivity contribution in [2.75, 3.05) is 0 Å². The highest BCUT2D eigenvalue weighted by Crippen LogP contribution is 2.23. The summed E-state index contributed by atoms with van der Waals surface area (Å²) in [6.45, 7) is 2.09. The summed E-state index contributed by atoms with van der Waals surface area (Å²) < 4.78 is 1.14. The average molecular weight is 222 g/mol. The van der Waals surface area contributed by atoms with Gasteiger partial charge in [0.05, 0.1) is 5.52 Å². The second-order valence-corrected chi connectivity index (χ2v) is 3.60. The molecule has 12 heavy (non-hydrogen) atoms. The van der Waals surface area contributed by atoms with E-state index in [9.17, 15) is 0 Å². The molecule has 0 atom stereocenters. The van der Waals surface area contributed by atoms with Crippen LogP contribution >= 0.6 is 15.9 Å². The topological polar surface area (TPSA) is 12.9 Å². The highest BCUT2D eigenvalue weighted by molar-refractivity contribution is 9.10. The van der Waals surface area contributed by atoms with E-state index in [1.165, 1.54) is 10.9 Å². The molecule has 0 N–H and O–H groups in total. The molecule has 0 amide bonds. The summed E-state index contributed by atoms with van der Waals surface area (Å²) in [5, 5.41) is 1.21. The molecule has 1 heterocycles. The van der Waals surface area contributed by atoms with E-state index in [1.807, 2.05) is 24.4 Å². The number of fused-ring (bicyclic) bond motifs is 1. The minimum atomic E-state index is 1.05. The molecule has 0 spiro atoms. The number of hydrogen-bond donors (Lipinski definition) is 0. The fraction of sp³-hybridized carbons (Fsp3) is 0.100. The molecule has 0 unspecified atom stereocenters. The van der Waals surface area contributed by atoms with Crippen LogP contribution in [0, 0.1) is 6.92 Å². The molecule has 0 aliphatic heterocycles. The van der Waals surface area contributed by atoms with Gasteiger partial charge in [-0.1, -0.05) is 22.0 Å². The summed E-state index contributed by atoms with van der Waals surface area (Å²) in [6, 6.07) is 8.10. The highest BCUT2D eigenvalue weighted by Gasteiger charge is 1.99. The Labute approximate surface area is 79.6 Å². The zero-order valence-corrected chi connectivity index (χ0v) is 8.30. The van der Waals surface area contributed by atoms with Crippen molar-refractivity contribution in [3.8, 4) is 0 Å². The predicted molar refractivity (Wildman–Crippen MR) is 54.2 cm³/mol. The van der Waals surface area contributed by atoms with Crippen LogP contribution in [-0.2, 0) is 0 Å². The monoisotopic (exact) mass is 221 g/mol. The first-order valence-corrected chi connectivity index (χ1v) is 4.58. The highest BCUT2D eigenvalue weighted by atomic mass is 79.9. The smallest absolute Gasteiger partial charge is 0.0705 e. The number of halogens is 1. The van der Waals surface area contributed by atoms with Crippen molar-refractivity contribution in [3.63, 3.8) is 0 Å². The van der Waals surface area contributed by atoms with E-state index in [0.29, 0.717) is 0 Å². The van der Waals surface area contributed by atoms with Gasteiger partial charge in [0, 0.05) is 16.1 Å². The lowest BCUT2D eigenvalue weighted by molar-refractivity contribution is 1.38. The second-order valence-electron chi connectivity index (χ2n) is 2.74. The van der Waals surface area contributed by atoms with Crippen molar-refractivity contribution in [3.05, 3.63) is 40.5 Å². The van der Waals surface area contributed by atoms with Crippen LogP contribution in [0.4, 0.5) is 0 Å². The molecule has 2 heteroatoms. The standard InChI is InChI=1S/C10H8BrN/c1-7-8-3-2-6-12-10(8)5-4-9(7)11/h2-6H,1H3. The average Bonchev–Trinajstić information content (AvgIpc) is 2.12. The van der Waals surface area contributed by atoms with Gasteiger partial charge in [-0.2, -0.15) is 0 Å². The van der Waals surface area contributed by atoms with Crippen molar-refractivity contribution in [1.29, 1.82) is 0 Å². The van der Waals surface area contributed by atoms with Gasteiger partial charge in [-0.3, -0.25) is 4.98 Å². The predicted octanol–water partition coefficient (Wildman–Crippen LogP) is 3.31. The van der Waals surface area contributed by atoms with Crippen molar-refractivity contribution in [2.45, 2.75) is 6.92 Å². The minimum absolute atomic E-state index is 1.05. The molecule has 0 saturated heterocycles. The van der Waals surface area contributed by atoms with Crippen LogP contribution in [0.15, 0.2) is 34.9 Å². The number of nitrogens with zero attached hydrogens (tertiary/aromatic N) is 1. The van der Waals surface area contributed by atoms with E-state index in [-0.39, 0.29) is 0 Å². The lowest BCUT2D eigenvalue weighted by Crippen LogP contribution is -1.82. The van der Waals surface area contributed by atoms with E-state index >= 15 is 0 Å². The minimum Gasteiger partial charge on any atom is -0.256 e. The zero-order valence-electron chi connectivity index (χ0n) is 6.71. The molecular weight excluding hydrogens is 214 g/mol. The van der Waals surface area contributed by atoms with Gasteiger partial charge in [-0.05, 0) is 30.7 Å². The first kappa shape index (κ1) is 7.74. The summed E-state index contributed by atoms with van der Waals surface area (Å²) in [7, 11) is 0. The molecule has 1 nitrogen and oxygen atoms in total. The molecule has 0 radical (unpaired) electrons. The molecule has 0 aliphatic carbocycles. The summed E-state index contributed by atoms with van der Waals surface area (Å²) in [4.78, 5) is 4.26. The van der Waals surface area contributed by atoms with E-state index in [0.717, 1.165) is 9.99 Å². The van der Waals surface area contributed by atoms with Gasteiger partial charge in [0.25, 0.3) is 0 Å². The first-order valence-electron chi connectivity index (χ1n) is 3.79. The maximum atomic E-state index is 4.26. The van der Waals surface area contributed by atoms with Crippen LogP contribution in [0.3, 0.4) is 0 Å². The van der Waals surface area contributed by atoms with Crippen LogP contribution in [0.25, 0.3) is 10.9 Å². The molecule has 0 aliphatic rings. The van der Waals surface area contributed by atoms with E-state index in [4.69, 9.17) is 0 Å². The largest absolute Gasteiger partial charge is 0.256 e. The number of benzene rings is 1. The van der Waals surface area contributed by atoms with Gasteiger partial charge in [0.2, 0.25) is 0 Å². The summed E-state index contributed by atoms with van der Waals surface area (Å²) >= 11 is 3.49. The Hall–Kier alpha value is -0.890. The Balaban J connectivity index is 2.91. The summed E-state index contributed by atoms with van der Waals surface area (Å²) in [6.07, 6.45) is 1.82. The fourth-order valence-electron chi connectivity index (χ4n) is 1.27. The number of pyridine rings is 1. The Morgan fingerprint density at radius 2 is 2.08 bits per heavy atom. The lowest BCUT2D eigenvalue weighted by atomic mass is 10.1. The van der Waals surface area contributed by atoms with Crippen LogP contribution in [0.1, 0.15) is 5.56 Å². The van der Waals surface area contributed by atoms with Gasteiger partial charge in [-0.25, -0.2) is 0 Å². The normalized spacial score (nSPS) is 10.5. The third-order valence-corrected chi connectivity index (χ3v) is 2.85. The third kappa shape index (κ3) is 1.12. The van der Waals surface area contributed by atoms with Crippen LogP contribution in [0.5, 0.6) is 0 Å². The van der Waals surface area contributed by atoms with Gasteiger partial charge >= 0.3 is 0 Å². The number of aromatic nitrogens is 1. The van der Waals surface area contributed by atoms with Gasteiger partial charge in [-0.15, -0.1) is 0 Å². The van der Waals surface area contributed by atoms with Crippen molar-refractivity contribution >= 4 is 26.8 Å². The van der Waals surface area contributed by atoms with E-state index in [2.05, 4.69) is 33.9 Å². The van der Waals surface area contributed by atoms with Gasteiger partial charge < -0.3 is 0 Å². The van der Waals surface area contributed by atoms with Crippen LogP contribution in [-0.4, -0.2) is 4.98 Å². The van der Waals surface area contributed by atoms with Crippen molar-refractivity contribution in [1.82, 2.24) is 4.98 Å². The quantitative estimate of drug-likeness (QED) is 0.666. The van der Waals surface area contributed by atoms with Crippen LogP contribution < -0.4 is 0 Å². The summed E-state index contributed by atoms with van der Waals surface area (Å²) in [5.74, 6) is 0. The van der Waals surface area contributed by atoms with Crippen molar-refractivity contribution < 1.29 is 0 Å². The number of aryl methyl sites for hydroxylation is 1. The molecule has 2 aromatic rings. The van der Waals surface area contributed by atoms with Crippen molar-refractivity contribution in [2.24, 2.45) is 0 Å². The Bertz CT molecular complexity index is 423.